The van der Waals surface area contributed by atoms with Gasteiger partial charge in [0.05, 0.1) is 5.01 Å². The fourth-order valence-corrected chi connectivity index (χ4v) is 3.93. The highest BCUT2D eigenvalue weighted by Crippen LogP contribution is 2.26. The molecule has 0 bridgehead atoms. The predicted molar refractivity (Wildman–Crippen MR) is 76.3 cm³/mol. The molecular weight excluding hydrogens is 320 g/mol. The summed E-state index contributed by atoms with van der Waals surface area (Å²) >= 11 is 1.31. The smallest absolute Gasteiger partial charge is 0.249 e. The van der Waals surface area contributed by atoms with Crippen LogP contribution in [0.2, 0.25) is 0 Å². The van der Waals surface area contributed by atoms with Gasteiger partial charge in [0, 0.05) is 30.4 Å². The topological polar surface area (TPSA) is 76.3 Å². The van der Waals surface area contributed by atoms with Crippen molar-refractivity contribution in [1.29, 1.82) is 0 Å². The number of benzene rings is 1. The first-order valence-electron chi connectivity index (χ1n) is 5.84. The van der Waals surface area contributed by atoms with Gasteiger partial charge >= 0.3 is 0 Å². The van der Waals surface area contributed by atoms with Gasteiger partial charge in [-0.05, 0) is 19.1 Å². The Bertz CT molecular complexity index is 752. The first kappa shape index (κ1) is 15.8. The van der Waals surface area contributed by atoms with Crippen LogP contribution in [0.3, 0.4) is 0 Å². The fraction of sp³-hybridized carbons (Fsp3) is 0.250. The van der Waals surface area contributed by atoms with Crippen molar-refractivity contribution < 1.29 is 17.2 Å². The minimum Gasteiger partial charge on any atom is -0.399 e. The lowest BCUT2D eigenvalue weighted by Gasteiger charge is -2.17. The molecule has 0 saturated heterocycles. The molecule has 9 heteroatoms. The van der Waals surface area contributed by atoms with Gasteiger partial charge in [0.2, 0.25) is 10.0 Å². The summed E-state index contributed by atoms with van der Waals surface area (Å²) in [7, 11) is -3.05. The SMILES string of the molecule is Cc1ncc(CN(C)S(=O)(=O)c2c(F)cc(N)cc2F)s1. The van der Waals surface area contributed by atoms with Crippen molar-refractivity contribution in [2.24, 2.45) is 0 Å². The van der Waals surface area contributed by atoms with E-state index in [1.165, 1.54) is 24.6 Å². The third kappa shape index (κ3) is 3.20. The van der Waals surface area contributed by atoms with Crippen LogP contribution >= 0.6 is 11.3 Å². The van der Waals surface area contributed by atoms with E-state index < -0.39 is 26.6 Å². The Balaban J connectivity index is 2.38. The highest BCUT2D eigenvalue weighted by molar-refractivity contribution is 7.89. The van der Waals surface area contributed by atoms with Crippen LogP contribution in [-0.2, 0) is 16.6 Å². The second-order valence-electron chi connectivity index (χ2n) is 4.42. The largest absolute Gasteiger partial charge is 0.399 e. The number of nitrogens with zero attached hydrogens (tertiary/aromatic N) is 2. The van der Waals surface area contributed by atoms with Gasteiger partial charge in [-0.1, -0.05) is 0 Å². The van der Waals surface area contributed by atoms with Crippen molar-refractivity contribution >= 4 is 27.0 Å². The molecule has 0 radical (unpaired) electrons. The molecule has 114 valence electrons. The minimum absolute atomic E-state index is 0.0168. The lowest BCUT2D eigenvalue weighted by atomic mass is 10.3. The van der Waals surface area contributed by atoms with Gasteiger partial charge in [-0.2, -0.15) is 4.31 Å². The molecule has 2 rings (SSSR count). The van der Waals surface area contributed by atoms with E-state index in [-0.39, 0.29) is 12.2 Å². The average molecular weight is 333 g/mol. The Morgan fingerprint density at radius 3 is 2.38 bits per heavy atom. The summed E-state index contributed by atoms with van der Waals surface area (Å²) in [6, 6.07) is 1.56. The van der Waals surface area contributed by atoms with Gasteiger partial charge in [0.15, 0.2) is 4.90 Å². The maximum absolute atomic E-state index is 13.8. The third-order valence-corrected chi connectivity index (χ3v) is 5.49. The van der Waals surface area contributed by atoms with E-state index in [2.05, 4.69) is 4.98 Å². The molecule has 0 fully saturated rings. The summed E-state index contributed by atoms with van der Waals surface area (Å²) in [5, 5.41) is 0.778. The second-order valence-corrected chi connectivity index (χ2v) is 7.72. The minimum atomic E-state index is -4.30. The number of halogens is 2. The molecule has 0 amide bonds. The number of hydrogen-bond donors (Lipinski definition) is 1. The highest BCUT2D eigenvalue weighted by atomic mass is 32.2. The molecule has 21 heavy (non-hydrogen) atoms. The van der Waals surface area contributed by atoms with Crippen LogP contribution in [0.15, 0.2) is 23.2 Å². The number of sulfonamides is 1. The zero-order valence-corrected chi connectivity index (χ0v) is 12.9. The Morgan fingerprint density at radius 1 is 1.33 bits per heavy atom. The van der Waals surface area contributed by atoms with Crippen molar-refractivity contribution in [3.05, 3.63) is 39.8 Å². The van der Waals surface area contributed by atoms with Crippen molar-refractivity contribution in [2.75, 3.05) is 12.8 Å². The Kier molecular flexibility index (Phi) is 4.26. The first-order valence-corrected chi connectivity index (χ1v) is 8.09. The molecule has 1 heterocycles. The van der Waals surface area contributed by atoms with Crippen LogP contribution in [0.1, 0.15) is 9.88 Å². The van der Waals surface area contributed by atoms with E-state index in [0.717, 1.165) is 21.4 Å². The maximum atomic E-state index is 13.8. The molecule has 0 aliphatic heterocycles. The summed E-state index contributed by atoms with van der Waals surface area (Å²) in [6.07, 6.45) is 1.53. The summed E-state index contributed by atoms with van der Waals surface area (Å²) in [5.74, 6) is -2.42. The van der Waals surface area contributed by atoms with Gasteiger partial charge in [-0.15, -0.1) is 11.3 Å². The second kappa shape index (κ2) is 5.66. The molecule has 2 N–H and O–H groups in total. The number of aryl methyl sites for hydroxylation is 1. The molecule has 1 aromatic heterocycles. The van der Waals surface area contributed by atoms with Crippen LogP contribution in [0.25, 0.3) is 0 Å². The summed E-state index contributed by atoms with van der Waals surface area (Å²) in [6.45, 7) is 1.76. The maximum Gasteiger partial charge on any atom is 0.249 e. The first-order chi connectivity index (χ1) is 9.71. The highest BCUT2D eigenvalue weighted by Gasteiger charge is 2.29. The number of aromatic nitrogens is 1. The van der Waals surface area contributed by atoms with Gasteiger partial charge < -0.3 is 5.73 Å². The Hall–Kier alpha value is -1.58. The molecule has 0 saturated carbocycles. The number of nitrogens with two attached hydrogens (primary N) is 1. The van der Waals surface area contributed by atoms with E-state index in [9.17, 15) is 17.2 Å². The number of rotatable bonds is 4. The van der Waals surface area contributed by atoms with Crippen molar-refractivity contribution in [1.82, 2.24) is 9.29 Å². The number of thiazole rings is 1. The van der Waals surface area contributed by atoms with Crippen LogP contribution in [0.5, 0.6) is 0 Å². The standard InChI is InChI=1S/C12H13F2N3O2S2/c1-7-16-5-9(20-7)6-17(2)21(18,19)12-10(13)3-8(15)4-11(12)14/h3-5H,6,15H2,1-2H3. The van der Waals surface area contributed by atoms with E-state index in [1.807, 2.05) is 0 Å². The average Bonchev–Trinajstić information content (AvgIpc) is 2.72. The van der Waals surface area contributed by atoms with Gasteiger partial charge in [0.1, 0.15) is 11.6 Å². The van der Waals surface area contributed by atoms with Crippen LogP contribution < -0.4 is 5.73 Å². The van der Waals surface area contributed by atoms with Gasteiger partial charge in [-0.25, -0.2) is 22.2 Å². The van der Waals surface area contributed by atoms with E-state index >= 15 is 0 Å². The van der Waals surface area contributed by atoms with E-state index in [1.54, 1.807) is 6.92 Å². The fourth-order valence-electron chi connectivity index (χ4n) is 1.76. The summed E-state index contributed by atoms with van der Waals surface area (Å²) in [4.78, 5) is 3.68. The van der Waals surface area contributed by atoms with Crippen LogP contribution in [-0.4, -0.2) is 24.8 Å². The summed E-state index contributed by atoms with van der Waals surface area (Å²) < 4.78 is 53.0. The molecule has 1 aromatic carbocycles. The number of hydrogen-bond acceptors (Lipinski definition) is 5. The predicted octanol–water partition coefficient (Wildman–Crippen LogP) is 2.13. The third-order valence-electron chi connectivity index (χ3n) is 2.74. The zero-order valence-electron chi connectivity index (χ0n) is 11.3. The molecule has 0 aliphatic rings. The number of anilines is 1. The quantitative estimate of drug-likeness (QED) is 0.870. The lowest BCUT2D eigenvalue weighted by Crippen LogP contribution is -2.28. The van der Waals surface area contributed by atoms with Crippen molar-refractivity contribution in [2.45, 2.75) is 18.4 Å². The number of nitrogen functional groups attached to an aromatic ring is 1. The normalized spacial score (nSPS) is 12.0. The zero-order chi connectivity index (χ0) is 15.8. The molecule has 0 spiro atoms. The molecule has 2 aromatic rings. The molecule has 0 atom stereocenters. The monoisotopic (exact) mass is 333 g/mol. The molecule has 5 nitrogen and oxygen atoms in total. The van der Waals surface area contributed by atoms with E-state index in [4.69, 9.17) is 5.73 Å². The Morgan fingerprint density at radius 2 is 1.90 bits per heavy atom. The molecule has 0 unspecified atom stereocenters. The molecule has 0 aliphatic carbocycles. The van der Waals surface area contributed by atoms with Crippen molar-refractivity contribution in [3.63, 3.8) is 0 Å². The van der Waals surface area contributed by atoms with Crippen LogP contribution in [0, 0.1) is 18.6 Å². The molecular formula is C12H13F2N3O2S2. The van der Waals surface area contributed by atoms with E-state index in [0.29, 0.717) is 4.88 Å². The lowest BCUT2D eigenvalue weighted by molar-refractivity contribution is 0.450. The summed E-state index contributed by atoms with van der Waals surface area (Å²) in [5.41, 5.74) is 5.10. The van der Waals surface area contributed by atoms with Gasteiger partial charge in [0.25, 0.3) is 0 Å². The van der Waals surface area contributed by atoms with Crippen molar-refractivity contribution in [3.8, 4) is 0 Å². The Labute approximate surface area is 125 Å². The van der Waals surface area contributed by atoms with Crippen LogP contribution in [0.4, 0.5) is 14.5 Å². The van der Waals surface area contributed by atoms with Gasteiger partial charge in [-0.3, -0.25) is 0 Å².